The second-order valence-corrected chi connectivity index (χ2v) is 7.76. The van der Waals surface area contributed by atoms with Gasteiger partial charge in [-0.25, -0.2) is 13.8 Å². The number of amides is 1. The molecule has 0 fully saturated rings. The van der Waals surface area contributed by atoms with E-state index in [4.69, 9.17) is 4.74 Å². The normalized spacial score (nSPS) is 10.7. The number of aryl methyl sites for hydroxylation is 1. The number of halogens is 2. The van der Waals surface area contributed by atoms with Crippen molar-refractivity contribution >= 4 is 22.9 Å². The van der Waals surface area contributed by atoms with Gasteiger partial charge < -0.3 is 10.1 Å². The quantitative estimate of drug-likeness (QED) is 0.390. The molecule has 0 atom stereocenters. The topological polar surface area (TPSA) is 51.2 Å². The molecule has 0 saturated heterocycles. The number of ether oxygens (including phenoxy) is 1. The molecule has 0 aliphatic rings. The zero-order valence-electron chi connectivity index (χ0n) is 16.6. The van der Waals surface area contributed by atoms with Crippen LogP contribution >= 0.6 is 11.3 Å². The van der Waals surface area contributed by atoms with Crippen LogP contribution in [0.25, 0.3) is 10.6 Å². The largest absolute Gasteiger partial charge is 0.489 e. The number of nitrogens with zero attached hydrogens (tertiary/aromatic N) is 1. The SMILES string of the molecule is Cc1ccc(NC(=O)c2csc(-c3ccc(OCc4ccc(F)cc4F)cc3)n2)cc1. The van der Waals surface area contributed by atoms with Crippen molar-refractivity contribution in [1.29, 1.82) is 0 Å². The van der Waals surface area contributed by atoms with Crippen LogP contribution in [-0.2, 0) is 6.61 Å². The van der Waals surface area contributed by atoms with Crippen molar-refractivity contribution in [2.24, 2.45) is 0 Å². The zero-order chi connectivity index (χ0) is 21.8. The van der Waals surface area contributed by atoms with Crippen LogP contribution < -0.4 is 10.1 Å². The van der Waals surface area contributed by atoms with E-state index < -0.39 is 11.6 Å². The Morgan fingerprint density at radius 1 is 1.03 bits per heavy atom. The Hall–Kier alpha value is -3.58. The van der Waals surface area contributed by atoms with E-state index in [1.807, 2.05) is 43.3 Å². The lowest BCUT2D eigenvalue weighted by atomic mass is 10.2. The number of hydrogen-bond donors (Lipinski definition) is 1. The summed E-state index contributed by atoms with van der Waals surface area (Å²) < 4.78 is 32.3. The average Bonchev–Trinajstić information content (AvgIpc) is 3.26. The van der Waals surface area contributed by atoms with Gasteiger partial charge in [-0.2, -0.15) is 0 Å². The number of hydrogen-bond acceptors (Lipinski definition) is 4. The van der Waals surface area contributed by atoms with Crippen LogP contribution in [0.3, 0.4) is 0 Å². The molecule has 0 unspecified atom stereocenters. The summed E-state index contributed by atoms with van der Waals surface area (Å²) in [6.45, 7) is 1.97. The van der Waals surface area contributed by atoms with Crippen molar-refractivity contribution in [2.45, 2.75) is 13.5 Å². The minimum Gasteiger partial charge on any atom is -0.489 e. The van der Waals surface area contributed by atoms with Crippen LogP contribution in [0.4, 0.5) is 14.5 Å². The van der Waals surface area contributed by atoms with E-state index in [2.05, 4.69) is 10.3 Å². The van der Waals surface area contributed by atoms with Gasteiger partial charge in [0.2, 0.25) is 0 Å². The number of rotatable bonds is 6. The molecule has 4 aromatic rings. The molecule has 1 heterocycles. The summed E-state index contributed by atoms with van der Waals surface area (Å²) in [5, 5.41) is 5.24. The third kappa shape index (κ3) is 5.13. The fourth-order valence-corrected chi connectivity index (χ4v) is 3.64. The number of thiazole rings is 1. The maximum atomic E-state index is 13.7. The average molecular weight is 436 g/mol. The Labute approximate surface area is 182 Å². The first-order chi connectivity index (χ1) is 15.0. The molecule has 4 nitrogen and oxygen atoms in total. The van der Waals surface area contributed by atoms with Crippen LogP contribution in [0.5, 0.6) is 5.75 Å². The molecule has 0 spiro atoms. The van der Waals surface area contributed by atoms with Crippen LogP contribution in [0.2, 0.25) is 0 Å². The van der Waals surface area contributed by atoms with Gasteiger partial charge in [-0.3, -0.25) is 4.79 Å². The second-order valence-electron chi connectivity index (χ2n) is 6.91. The fourth-order valence-electron chi connectivity index (χ4n) is 2.84. The summed E-state index contributed by atoms with van der Waals surface area (Å²) in [5.74, 6) is -0.995. The molecule has 3 aromatic carbocycles. The van der Waals surface area contributed by atoms with Crippen molar-refractivity contribution in [2.75, 3.05) is 5.32 Å². The van der Waals surface area contributed by atoms with Crippen LogP contribution in [0.15, 0.2) is 72.1 Å². The van der Waals surface area contributed by atoms with E-state index in [0.717, 1.165) is 17.2 Å². The minimum absolute atomic E-state index is 0.00789. The highest BCUT2D eigenvalue weighted by Gasteiger charge is 2.12. The first kappa shape index (κ1) is 20.7. The standard InChI is InChI=1S/C24H18F2N2O2S/c1-15-2-8-19(9-3-15)27-23(29)22-14-31-24(28-22)16-5-10-20(11-6-16)30-13-17-4-7-18(25)12-21(17)26/h2-12,14H,13H2,1H3,(H,27,29). The Balaban J connectivity index is 1.39. The molecule has 156 valence electrons. The fraction of sp³-hybridized carbons (Fsp3) is 0.0833. The van der Waals surface area contributed by atoms with Gasteiger partial charge in [0.1, 0.15) is 34.7 Å². The van der Waals surface area contributed by atoms with Gasteiger partial charge in [-0.05, 0) is 55.5 Å². The van der Waals surface area contributed by atoms with E-state index >= 15 is 0 Å². The molecule has 0 aliphatic heterocycles. The third-order valence-electron chi connectivity index (χ3n) is 4.56. The van der Waals surface area contributed by atoms with Gasteiger partial charge in [0.05, 0.1) is 0 Å². The van der Waals surface area contributed by atoms with E-state index in [0.29, 0.717) is 22.1 Å². The maximum absolute atomic E-state index is 13.7. The van der Waals surface area contributed by atoms with Gasteiger partial charge in [0, 0.05) is 28.3 Å². The Bertz CT molecular complexity index is 1210. The van der Waals surface area contributed by atoms with Crippen molar-refractivity contribution in [3.63, 3.8) is 0 Å². The molecule has 0 radical (unpaired) electrons. The van der Waals surface area contributed by atoms with E-state index in [-0.39, 0.29) is 18.1 Å². The van der Waals surface area contributed by atoms with Crippen LogP contribution in [0.1, 0.15) is 21.6 Å². The van der Waals surface area contributed by atoms with Crippen molar-refractivity contribution in [3.05, 3.63) is 101 Å². The van der Waals surface area contributed by atoms with Crippen LogP contribution in [-0.4, -0.2) is 10.9 Å². The summed E-state index contributed by atoms with van der Waals surface area (Å²) >= 11 is 1.37. The molecule has 1 aromatic heterocycles. The number of aromatic nitrogens is 1. The monoisotopic (exact) mass is 436 g/mol. The molecule has 1 amide bonds. The van der Waals surface area contributed by atoms with Gasteiger partial charge in [0.25, 0.3) is 5.91 Å². The molecular weight excluding hydrogens is 418 g/mol. The van der Waals surface area contributed by atoms with Crippen molar-refractivity contribution in [3.8, 4) is 16.3 Å². The minimum atomic E-state index is -0.643. The smallest absolute Gasteiger partial charge is 0.275 e. The zero-order valence-corrected chi connectivity index (χ0v) is 17.4. The number of carbonyl (C=O) groups is 1. The summed E-state index contributed by atoms with van der Waals surface area (Å²) in [7, 11) is 0. The molecule has 7 heteroatoms. The molecular formula is C24H18F2N2O2S. The summed E-state index contributed by atoms with van der Waals surface area (Å²) in [6.07, 6.45) is 0. The number of nitrogens with one attached hydrogen (secondary N) is 1. The van der Waals surface area contributed by atoms with Crippen molar-refractivity contribution in [1.82, 2.24) is 4.98 Å². The molecule has 0 aliphatic carbocycles. The molecule has 0 bridgehead atoms. The highest BCUT2D eigenvalue weighted by Crippen LogP contribution is 2.26. The highest BCUT2D eigenvalue weighted by molar-refractivity contribution is 7.13. The van der Waals surface area contributed by atoms with E-state index in [1.165, 1.54) is 23.5 Å². The van der Waals surface area contributed by atoms with Gasteiger partial charge in [-0.1, -0.05) is 17.7 Å². The van der Waals surface area contributed by atoms with Gasteiger partial charge >= 0.3 is 0 Å². The first-order valence-electron chi connectivity index (χ1n) is 9.48. The van der Waals surface area contributed by atoms with Crippen LogP contribution in [0, 0.1) is 18.6 Å². The molecule has 4 rings (SSSR count). The Morgan fingerprint density at radius 3 is 2.48 bits per heavy atom. The molecule has 31 heavy (non-hydrogen) atoms. The lowest BCUT2D eigenvalue weighted by Crippen LogP contribution is -2.12. The van der Waals surface area contributed by atoms with Gasteiger partial charge in [-0.15, -0.1) is 11.3 Å². The Morgan fingerprint density at radius 2 is 1.77 bits per heavy atom. The maximum Gasteiger partial charge on any atom is 0.275 e. The lowest BCUT2D eigenvalue weighted by molar-refractivity contribution is 0.102. The summed E-state index contributed by atoms with van der Waals surface area (Å²) in [4.78, 5) is 16.8. The predicted molar refractivity (Wildman–Crippen MR) is 117 cm³/mol. The number of benzene rings is 3. The van der Waals surface area contributed by atoms with Crippen molar-refractivity contribution < 1.29 is 18.3 Å². The molecule has 1 N–H and O–H groups in total. The Kier molecular flexibility index (Phi) is 6.04. The highest BCUT2D eigenvalue weighted by atomic mass is 32.1. The number of anilines is 1. The van der Waals surface area contributed by atoms with Gasteiger partial charge in [0.15, 0.2) is 0 Å². The third-order valence-corrected chi connectivity index (χ3v) is 5.45. The summed E-state index contributed by atoms with van der Waals surface area (Å²) in [6, 6.07) is 18.0. The summed E-state index contributed by atoms with van der Waals surface area (Å²) in [5.41, 5.74) is 3.27. The predicted octanol–water partition coefficient (Wildman–Crippen LogP) is 6.23. The lowest BCUT2D eigenvalue weighted by Gasteiger charge is -2.08. The van der Waals surface area contributed by atoms with E-state index in [1.54, 1.807) is 17.5 Å². The molecule has 0 saturated carbocycles. The first-order valence-corrected chi connectivity index (χ1v) is 10.4. The number of carbonyl (C=O) groups excluding carboxylic acids is 1. The van der Waals surface area contributed by atoms with E-state index in [9.17, 15) is 13.6 Å². The second kappa shape index (κ2) is 9.06.